The van der Waals surface area contributed by atoms with Crippen molar-refractivity contribution >= 4 is 33.5 Å². The van der Waals surface area contributed by atoms with Crippen LogP contribution in [0.15, 0.2) is 46.9 Å². The summed E-state index contributed by atoms with van der Waals surface area (Å²) < 4.78 is 0.881. The van der Waals surface area contributed by atoms with Crippen LogP contribution in [-0.4, -0.2) is 17.0 Å². The number of amides is 1. The van der Waals surface area contributed by atoms with Crippen LogP contribution in [-0.2, 0) is 11.2 Å². The Balaban J connectivity index is 2.08. The zero-order valence-corrected chi connectivity index (χ0v) is 13.0. The largest absolute Gasteiger partial charge is 0.481 e. The molecule has 21 heavy (non-hydrogen) atoms. The van der Waals surface area contributed by atoms with Crippen molar-refractivity contribution in [3.05, 3.63) is 63.6 Å². The van der Waals surface area contributed by atoms with Gasteiger partial charge in [0.15, 0.2) is 0 Å². The monoisotopic (exact) mass is 347 g/mol. The molecule has 2 N–H and O–H groups in total. The van der Waals surface area contributed by atoms with Crippen LogP contribution in [0.1, 0.15) is 21.5 Å². The van der Waals surface area contributed by atoms with Gasteiger partial charge in [0.25, 0.3) is 5.91 Å². The Kier molecular flexibility index (Phi) is 4.75. The summed E-state index contributed by atoms with van der Waals surface area (Å²) in [5, 5.41) is 11.5. The van der Waals surface area contributed by atoms with E-state index >= 15 is 0 Å². The average molecular weight is 348 g/mol. The van der Waals surface area contributed by atoms with Gasteiger partial charge in [0.05, 0.1) is 6.42 Å². The third-order valence-electron chi connectivity index (χ3n) is 3.00. The van der Waals surface area contributed by atoms with Gasteiger partial charge in [-0.1, -0.05) is 34.1 Å². The second-order valence-electron chi connectivity index (χ2n) is 4.69. The third-order valence-corrected chi connectivity index (χ3v) is 3.86. The number of hydrogen-bond donors (Lipinski definition) is 2. The van der Waals surface area contributed by atoms with E-state index in [-0.39, 0.29) is 12.3 Å². The Hall–Kier alpha value is -2.14. The number of rotatable bonds is 4. The fourth-order valence-electron chi connectivity index (χ4n) is 1.82. The molecule has 0 bridgehead atoms. The Labute approximate surface area is 130 Å². The number of aryl methyl sites for hydroxylation is 1. The molecule has 0 heterocycles. The Bertz CT molecular complexity index is 680. The highest BCUT2D eigenvalue weighted by molar-refractivity contribution is 9.10. The first kappa shape index (κ1) is 15.3. The molecule has 2 aromatic rings. The van der Waals surface area contributed by atoms with Crippen LogP contribution in [0.25, 0.3) is 0 Å². The number of halogens is 1. The van der Waals surface area contributed by atoms with Crippen LogP contribution >= 0.6 is 15.9 Å². The molecule has 0 atom stereocenters. The van der Waals surface area contributed by atoms with E-state index in [1.807, 2.05) is 13.0 Å². The van der Waals surface area contributed by atoms with Gasteiger partial charge in [0, 0.05) is 15.7 Å². The first-order chi connectivity index (χ1) is 9.95. The second kappa shape index (κ2) is 6.54. The maximum Gasteiger partial charge on any atom is 0.307 e. The summed E-state index contributed by atoms with van der Waals surface area (Å²) >= 11 is 3.40. The van der Waals surface area contributed by atoms with Crippen molar-refractivity contribution in [3.8, 4) is 0 Å². The molecule has 108 valence electrons. The first-order valence-electron chi connectivity index (χ1n) is 6.34. The quantitative estimate of drug-likeness (QED) is 0.887. The van der Waals surface area contributed by atoms with E-state index in [1.165, 1.54) is 0 Å². The van der Waals surface area contributed by atoms with Crippen LogP contribution in [0.4, 0.5) is 5.69 Å². The minimum Gasteiger partial charge on any atom is -0.481 e. The van der Waals surface area contributed by atoms with Crippen molar-refractivity contribution in [2.75, 3.05) is 5.32 Å². The SMILES string of the molecule is Cc1ccc(C(=O)Nc2ccc(CC(=O)O)cc2)cc1Br. The van der Waals surface area contributed by atoms with Crippen LogP contribution in [0.3, 0.4) is 0 Å². The van der Waals surface area contributed by atoms with Gasteiger partial charge >= 0.3 is 5.97 Å². The molecule has 0 saturated carbocycles. The highest BCUT2D eigenvalue weighted by Gasteiger charge is 2.08. The van der Waals surface area contributed by atoms with Crippen LogP contribution in [0.5, 0.6) is 0 Å². The van der Waals surface area contributed by atoms with Crippen LogP contribution < -0.4 is 5.32 Å². The predicted octanol–water partition coefficient (Wildman–Crippen LogP) is 3.64. The molecule has 2 rings (SSSR count). The zero-order chi connectivity index (χ0) is 15.4. The van der Waals surface area contributed by atoms with E-state index in [0.29, 0.717) is 16.8 Å². The number of nitrogens with one attached hydrogen (secondary N) is 1. The lowest BCUT2D eigenvalue weighted by Gasteiger charge is -2.07. The average Bonchev–Trinajstić information content (AvgIpc) is 2.43. The maximum absolute atomic E-state index is 12.1. The molecular weight excluding hydrogens is 334 g/mol. The van der Waals surface area contributed by atoms with Gasteiger partial charge < -0.3 is 10.4 Å². The molecule has 2 aromatic carbocycles. The van der Waals surface area contributed by atoms with Gasteiger partial charge in [-0.25, -0.2) is 0 Å². The third kappa shape index (κ3) is 4.16. The summed E-state index contributed by atoms with van der Waals surface area (Å²) in [7, 11) is 0. The minimum absolute atomic E-state index is 0.0286. The lowest BCUT2D eigenvalue weighted by atomic mass is 10.1. The second-order valence-corrected chi connectivity index (χ2v) is 5.54. The molecule has 5 heteroatoms. The van der Waals surface area contributed by atoms with Crippen LogP contribution in [0.2, 0.25) is 0 Å². The Morgan fingerprint density at radius 3 is 2.38 bits per heavy atom. The van der Waals surface area contributed by atoms with E-state index < -0.39 is 5.97 Å². The molecule has 0 saturated heterocycles. The molecule has 0 aliphatic rings. The number of hydrogen-bond acceptors (Lipinski definition) is 2. The van der Waals surface area contributed by atoms with E-state index in [0.717, 1.165) is 10.0 Å². The molecule has 1 amide bonds. The Morgan fingerprint density at radius 1 is 1.14 bits per heavy atom. The van der Waals surface area contributed by atoms with Crippen molar-refractivity contribution in [3.63, 3.8) is 0 Å². The molecule has 0 fully saturated rings. The van der Waals surface area contributed by atoms with E-state index in [4.69, 9.17) is 5.11 Å². The highest BCUT2D eigenvalue weighted by Crippen LogP contribution is 2.19. The molecule has 0 unspecified atom stereocenters. The number of aliphatic carboxylic acids is 1. The van der Waals surface area contributed by atoms with E-state index in [1.54, 1.807) is 36.4 Å². The lowest BCUT2D eigenvalue weighted by Crippen LogP contribution is -2.12. The molecule has 0 radical (unpaired) electrons. The summed E-state index contributed by atoms with van der Waals surface area (Å²) in [6.45, 7) is 1.95. The summed E-state index contributed by atoms with van der Waals surface area (Å²) in [5.41, 5.74) is 2.94. The predicted molar refractivity (Wildman–Crippen MR) is 84.6 cm³/mol. The standard InChI is InChI=1S/C16H14BrNO3/c1-10-2-5-12(9-14(10)17)16(21)18-13-6-3-11(4-7-13)8-15(19)20/h2-7,9H,8H2,1H3,(H,18,21)(H,19,20). The van der Waals surface area contributed by atoms with Gasteiger partial charge in [0.2, 0.25) is 0 Å². The van der Waals surface area contributed by atoms with Gasteiger partial charge in [-0.05, 0) is 42.3 Å². The molecule has 0 aliphatic heterocycles. The summed E-state index contributed by atoms with van der Waals surface area (Å²) in [4.78, 5) is 22.7. The van der Waals surface area contributed by atoms with Gasteiger partial charge in [0.1, 0.15) is 0 Å². The van der Waals surface area contributed by atoms with Crippen molar-refractivity contribution in [1.29, 1.82) is 0 Å². The summed E-state index contributed by atoms with van der Waals surface area (Å²) in [5.74, 6) is -1.09. The molecule has 0 aliphatic carbocycles. The molecule has 4 nitrogen and oxygen atoms in total. The summed E-state index contributed by atoms with van der Waals surface area (Å²) in [6.07, 6.45) is -0.0286. The smallest absolute Gasteiger partial charge is 0.307 e. The first-order valence-corrected chi connectivity index (χ1v) is 7.13. The van der Waals surface area contributed by atoms with Crippen molar-refractivity contribution in [2.45, 2.75) is 13.3 Å². The number of carbonyl (C=O) groups excluding carboxylic acids is 1. The zero-order valence-electron chi connectivity index (χ0n) is 11.4. The minimum atomic E-state index is -0.878. The van der Waals surface area contributed by atoms with Gasteiger partial charge in [-0.2, -0.15) is 0 Å². The van der Waals surface area contributed by atoms with Crippen molar-refractivity contribution in [1.82, 2.24) is 0 Å². The van der Waals surface area contributed by atoms with Crippen LogP contribution in [0, 0.1) is 6.92 Å². The lowest BCUT2D eigenvalue weighted by molar-refractivity contribution is -0.136. The Morgan fingerprint density at radius 2 is 1.81 bits per heavy atom. The van der Waals surface area contributed by atoms with Gasteiger partial charge in [-0.15, -0.1) is 0 Å². The fraction of sp³-hybridized carbons (Fsp3) is 0.125. The van der Waals surface area contributed by atoms with Crippen molar-refractivity contribution in [2.24, 2.45) is 0 Å². The number of carboxylic acid groups (broad SMARTS) is 1. The molecule has 0 aromatic heterocycles. The number of carbonyl (C=O) groups is 2. The molecular formula is C16H14BrNO3. The normalized spacial score (nSPS) is 10.2. The number of anilines is 1. The van der Waals surface area contributed by atoms with E-state index in [9.17, 15) is 9.59 Å². The summed E-state index contributed by atoms with van der Waals surface area (Å²) in [6, 6.07) is 12.2. The number of carboxylic acids is 1. The highest BCUT2D eigenvalue weighted by atomic mass is 79.9. The van der Waals surface area contributed by atoms with Gasteiger partial charge in [-0.3, -0.25) is 9.59 Å². The fourth-order valence-corrected chi connectivity index (χ4v) is 2.20. The van der Waals surface area contributed by atoms with E-state index in [2.05, 4.69) is 21.2 Å². The maximum atomic E-state index is 12.1. The number of benzene rings is 2. The topological polar surface area (TPSA) is 66.4 Å². The molecule has 0 spiro atoms. The van der Waals surface area contributed by atoms with Crippen molar-refractivity contribution < 1.29 is 14.7 Å².